The molecule has 0 bridgehead atoms. The van der Waals surface area contributed by atoms with Gasteiger partial charge in [-0.05, 0) is 61.0 Å². The first-order valence-corrected chi connectivity index (χ1v) is 12.9. The molecular weight excluding hydrogens is 354 g/mol. The summed E-state index contributed by atoms with van der Waals surface area (Å²) in [7, 11) is -1.49. The van der Waals surface area contributed by atoms with Crippen molar-refractivity contribution in [2.24, 2.45) is 0 Å². The Morgan fingerprint density at radius 1 is 0.679 bits per heavy atom. The monoisotopic (exact) mass is 390 g/mol. The highest BCUT2D eigenvalue weighted by atomic mass is 31.2. The molecule has 148 valence electrons. The second kappa shape index (κ2) is 6.09. The predicted molar refractivity (Wildman–Crippen MR) is 131 cm³/mol. The Morgan fingerprint density at radius 2 is 1.11 bits per heavy atom. The van der Waals surface area contributed by atoms with E-state index in [0.717, 1.165) is 0 Å². The third-order valence-corrected chi connectivity index (χ3v) is 16.2. The number of benzene rings is 2. The molecular formula is C26H36BP. The molecule has 2 aliphatic heterocycles. The summed E-state index contributed by atoms with van der Waals surface area (Å²) < 4.78 is 0. The molecule has 2 heteroatoms. The van der Waals surface area contributed by atoms with Crippen LogP contribution in [-0.2, 0) is 0 Å². The van der Waals surface area contributed by atoms with Crippen LogP contribution in [0.3, 0.4) is 0 Å². The number of hydrogen-bond acceptors (Lipinski definition) is 0. The van der Waals surface area contributed by atoms with E-state index in [4.69, 9.17) is 0 Å². The normalized spacial score (nSPS) is 20.3. The average Bonchev–Trinajstić information content (AvgIpc) is 2.88. The van der Waals surface area contributed by atoms with Crippen molar-refractivity contribution in [1.82, 2.24) is 0 Å². The Morgan fingerprint density at radius 3 is 1.54 bits per heavy atom. The van der Waals surface area contributed by atoms with Crippen molar-refractivity contribution in [1.29, 1.82) is 0 Å². The largest absolute Gasteiger partial charge is 0.226 e. The molecule has 28 heavy (non-hydrogen) atoms. The zero-order valence-corrected chi connectivity index (χ0v) is 20.0. The first-order chi connectivity index (χ1) is 13.0. The molecule has 4 rings (SSSR count). The molecule has 0 saturated carbocycles. The summed E-state index contributed by atoms with van der Waals surface area (Å²) in [5, 5.41) is 0.579. The summed E-state index contributed by atoms with van der Waals surface area (Å²) in [5.74, 6) is -0.814. The van der Waals surface area contributed by atoms with Crippen molar-refractivity contribution >= 4 is 23.9 Å². The van der Waals surface area contributed by atoms with Gasteiger partial charge in [-0.15, -0.1) is 19.0 Å². The van der Waals surface area contributed by atoms with E-state index in [9.17, 15) is 0 Å². The van der Waals surface area contributed by atoms with Crippen molar-refractivity contribution in [2.45, 2.75) is 72.0 Å². The van der Waals surface area contributed by atoms with E-state index < -0.39 is 13.0 Å². The van der Waals surface area contributed by atoms with Crippen LogP contribution in [0.2, 0.25) is 6.32 Å². The van der Waals surface area contributed by atoms with E-state index in [0.29, 0.717) is 0 Å². The van der Waals surface area contributed by atoms with Crippen LogP contribution < -0.4 is 10.9 Å². The SMILES string of the molecule is CC1=C(C)C[P+](C(C)(C)C)(C(C)(C)C)[B-]2(C1)c1ccccc1-c1ccccc12. The fourth-order valence-electron chi connectivity index (χ4n) is 7.42. The quantitative estimate of drug-likeness (QED) is 0.267. The van der Waals surface area contributed by atoms with E-state index in [2.05, 4.69) is 104 Å². The smallest absolute Gasteiger partial charge is 0.154 e. The maximum absolute atomic E-state index is 2.55. The second-order valence-corrected chi connectivity index (χ2v) is 16.9. The molecule has 0 fully saturated rings. The minimum absolute atomic E-state index is 0.289. The van der Waals surface area contributed by atoms with E-state index in [1.807, 2.05) is 0 Å². The highest BCUT2D eigenvalue weighted by molar-refractivity contribution is 8.14. The van der Waals surface area contributed by atoms with Crippen LogP contribution in [0.1, 0.15) is 55.4 Å². The van der Waals surface area contributed by atoms with Gasteiger partial charge < -0.3 is 0 Å². The van der Waals surface area contributed by atoms with E-state index in [1.54, 1.807) is 22.1 Å². The summed E-state index contributed by atoms with van der Waals surface area (Å²) in [6.45, 7) is 20.1. The topological polar surface area (TPSA) is 0 Å². The molecule has 0 saturated heterocycles. The van der Waals surface area contributed by atoms with Crippen LogP contribution in [0.15, 0.2) is 59.7 Å². The zero-order chi connectivity index (χ0) is 20.5. The van der Waals surface area contributed by atoms with Crippen LogP contribution in [0, 0.1) is 0 Å². The average molecular weight is 390 g/mol. The van der Waals surface area contributed by atoms with Crippen molar-refractivity contribution in [3.63, 3.8) is 0 Å². The van der Waals surface area contributed by atoms with Gasteiger partial charge in [-0.1, -0.05) is 59.7 Å². The lowest BCUT2D eigenvalue weighted by atomic mass is 9.37. The van der Waals surface area contributed by atoms with Gasteiger partial charge in [0.25, 0.3) is 0 Å². The first kappa shape index (κ1) is 20.0. The fraction of sp³-hybridized carbons (Fsp3) is 0.462. The predicted octanol–water partition coefficient (Wildman–Crippen LogP) is 6.69. The molecule has 0 atom stereocenters. The fourth-order valence-corrected chi connectivity index (χ4v) is 16.3. The van der Waals surface area contributed by atoms with Gasteiger partial charge in [0.15, 0.2) is 0 Å². The van der Waals surface area contributed by atoms with Crippen molar-refractivity contribution in [2.75, 3.05) is 6.16 Å². The van der Waals surface area contributed by atoms with Gasteiger partial charge in [-0.2, -0.15) is 10.9 Å². The van der Waals surface area contributed by atoms with Gasteiger partial charge in [0, 0.05) is 16.5 Å². The Kier molecular flexibility index (Phi) is 4.34. The maximum Gasteiger partial charge on any atom is 0.226 e. The van der Waals surface area contributed by atoms with Crippen molar-refractivity contribution in [3.8, 4) is 11.1 Å². The summed E-state index contributed by atoms with van der Waals surface area (Å²) in [6.07, 6.45) is 2.54. The Labute approximate surface area is 173 Å². The standard InChI is InChI=1S/C26H36BP/c1-19-17-27(28(18-20(19)2,25(3,4)5)26(6,7)8)23-15-11-9-13-21(23)22-14-10-12-16-24(22)27/h9-16H,17-18H2,1-8H3. The number of rotatable bonds is 0. The van der Waals surface area contributed by atoms with E-state index in [-0.39, 0.29) is 10.3 Å². The third-order valence-electron chi connectivity index (χ3n) is 8.20. The molecule has 2 aromatic rings. The lowest BCUT2D eigenvalue weighted by molar-refractivity contribution is 0.695. The van der Waals surface area contributed by atoms with Crippen LogP contribution in [0.5, 0.6) is 0 Å². The molecule has 1 spiro atoms. The van der Waals surface area contributed by atoms with E-state index in [1.165, 1.54) is 23.6 Å². The summed E-state index contributed by atoms with van der Waals surface area (Å²) >= 11 is 0. The summed E-state index contributed by atoms with van der Waals surface area (Å²) in [4.78, 5) is 0. The lowest BCUT2D eigenvalue weighted by Gasteiger charge is -2.65. The van der Waals surface area contributed by atoms with Crippen molar-refractivity contribution < 1.29 is 0 Å². The van der Waals surface area contributed by atoms with Crippen LogP contribution >= 0.6 is 7.14 Å². The molecule has 0 amide bonds. The van der Waals surface area contributed by atoms with E-state index >= 15 is 0 Å². The molecule has 0 unspecified atom stereocenters. The number of fused-ring (bicyclic) bond motifs is 5. The van der Waals surface area contributed by atoms with Gasteiger partial charge in [0.1, 0.15) is 0 Å². The highest BCUT2D eigenvalue weighted by Crippen LogP contribution is 2.84. The molecule has 2 aliphatic rings. The van der Waals surface area contributed by atoms with Crippen LogP contribution in [0.25, 0.3) is 11.1 Å². The third kappa shape index (κ3) is 2.29. The Hall–Kier alpha value is -1.33. The lowest BCUT2D eigenvalue weighted by Crippen LogP contribution is -2.66. The van der Waals surface area contributed by atoms with Crippen LogP contribution in [0.4, 0.5) is 0 Å². The van der Waals surface area contributed by atoms with Gasteiger partial charge in [0.05, 0.1) is 0 Å². The number of allylic oxidation sites excluding steroid dienone is 2. The summed E-state index contributed by atoms with van der Waals surface area (Å²) in [5.41, 5.74) is 9.62. The van der Waals surface area contributed by atoms with Gasteiger partial charge in [0.2, 0.25) is 5.87 Å². The minimum Gasteiger partial charge on any atom is -0.154 e. The van der Waals surface area contributed by atoms with Gasteiger partial charge in [-0.25, -0.2) is 0 Å². The highest BCUT2D eigenvalue weighted by Gasteiger charge is 2.68. The first-order valence-electron chi connectivity index (χ1n) is 10.9. The van der Waals surface area contributed by atoms with Gasteiger partial charge >= 0.3 is 0 Å². The Balaban J connectivity index is 2.23. The molecule has 2 aromatic carbocycles. The summed E-state index contributed by atoms with van der Waals surface area (Å²) in [6, 6.07) is 18.8. The molecule has 0 aromatic heterocycles. The molecule has 0 nitrogen and oxygen atoms in total. The Bertz CT molecular complexity index is 909. The van der Waals surface area contributed by atoms with Crippen molar-refractivity contribution in [3.05, 3.63) is 59.7 Å². The minimum atomic E-state index is -1.49. The maximum atomic E-state index is 2.55. The molecule has 0 N–H and O–H groups in total. The van der Waals surface area contributed by atoms with Gasteiger partial charge in [-0.3, -0.25) is 0 Å². The molecule has 0 aliphatic carbocycles. The number of hydrogen-bond donors (Lipinski definition) is 0. The molecule has 0 radical (unpaired) electrons. The zero-order valence-electron chi connectivity index (χ0n) is 19.1. The van der Waals surface area contributed by atoms with Crippen LogP contribution in [-0.4, -0.2) is 22.3 Å². The molecule has 2 heterocycles. The second-order valence-electron chi connectivity index (χ2n) is 11.3.